The highest BCUT2D eigenvalue weighted by Gasteiger charge is 2.26. The van der Waals surface area contributed by atoms with Gasteiger partial charge in [-0.15, -0.1) is 16.4 Å². The summed E-state index contributed by atoms with van der Waals surface area (Å²) in [5.41, 5.74) is 2.75. The van der Waals surface area contributed by atoms with Crippen LogP contribution in [0.1, 0.15) is 23.6 Å². The summed E-state index contributed by atoms with van der Waals surface area (Å²) in [6.45, 7) is 0.423. The largest absolute Gasteiger partial charge is 0.438 e. The Morgan fingerprint density at radius 2 is 2.22 bits per heavy atom. The minimum absolute atomic E-state index is 0.319. The van der Waals surface area contributed by atoms with Gasteiger partial charge in [-0.05, 0) is 42.5 Å². The molecule has 0 spiro atoms. The number of benzene rings is 1. The summed E-state index contributed by atoms with van der Waals surface area (Å²) in [5, 5.41) is 6.27. The van der Waals surface area contributed by atoms with Crippen molar-refractivity contribution in [2.75, 3.05) is 7.05 Å². The molecule has 2 aromatic heterocycles. The van der Waals surface area contributed by atoms with Crippen molar-refractivity contribution in [2.24, 2.45) is 0 Å². The summed E-state index contributed by atoms with van der Waals surface area (Å²) in [6.07, 6.45) is 2.15. The van der Waals surface area contributed by atoms with Crippen LogP contribution in [0, 0.1) is 0 Å². The van der Waals surface area contributed by atoms with Gasteiger partial charge in [0.2, 0.25) is 0 Å². The van der Waals surface area contributed by atoms with Gasteiger partial charge in [0.25, 0.3) is 5.89 Å². The van der Waals surface area contributed by atoms with Crippen molar-refractivity contribution in [3.05, 3.63) is 63.5 Å². The second-order valence-electron chi connectivity index (χ2n) is 5.80. The summed E-state index contributed by atoms with van der Waals surface area (Å²) in [6, 6.07) is 12.6. The quantitative estimate of drug-likeness (QED) is 0.739. The molecule has 0 amide bonds. The predicted octanol–water partition coefficient (Wildman–Crippen LogP) is 3.14. The Balaban J connectivity index is 1.56. The molecule has 6 heteroatoms. The monoisotopic (exact) mass is 327 g/mol. The average Bonchev–Trinajstić information content (AvgIpc) is 3.27. The molecular formula is C17H17N3O2S. The van der Waals surface area contributed by atoms with Gasteiger partial charge < -0.3 is 4.42 Å². The van der Waals surface area contributed by atoms with E-state index >= 15 is 0 Å². The number of hydrogen-bond donors (Lipinski definition) is 0. The van der Waals surface area contributed by atoms with Crippen LogP contribution in [0.5, 0.6) is 0 Å². The molecule has 0 fully saturated rings. The van der Waals surface area contributed by atoms with Crippen molar-refractivity contribution in [3.63, 3.8) is 0 Å². The molecule has 118 valence electrons. The van der Waals surface area contributed by atoms with Gasteiger partial charge in [-0.3, -0.25) is 4.90 Å². The lowest BCUT2D eigenvalue weighted by Crippen LogP contribution is -2.30. The molecule has 1 aliphatic carbocycles. The Bertz CT molecular complexity index is 866. The zero-order valence-electron chi connectivity index (χ0n) is 12.8. The third kappa shape index (κ3) is 2.64. The predicted molar refractivity (Wildman–Crippen MR) is 89.3 cm³/mol. The fourth-order valence-electron chi connectivity index (χ4n) is 3.20. The van der Waals surface area contributed by atoms with E-state index in [1.54, 1.807) is 0 Å². The Kier molecular flexibility index (Phi) is 3.63. The highest BCUT2D eigenvalue weighted by molar-refractivity contribution is 7.13. The number of rotatable bonds is 4. The molecule has 3 aromatic rings. The number of aryl methyl sites for hydroxylation is 1. The molecule has 1 aliphatic rings. The molecule has 4 rings (SSSR count). The van der Waals surface area contributed by atoms with E-state index in [9.17, 15) is 4.79 Å². The second-order valence-corrected chi connectivity index (χ2v) is 6.75. The zero-order valence-corrected chi connectivity index (χ0v) is 13.6. The Hall–Kier alpha value is -2.18. The first kappa shape index (κ1) is 14.4. The molecule has 0 saturated heterocycles. The number of aromatic nitrogens is 2. The van der Waals surface area contributed by atoms with Crippen LogP contribution in [0.25, 0.3) is 10.8 Å². The van der Waals surface area contributed by atoms with Crippen LogP contribution in [0.2, 0.25) is 0 Å². The smallest absolute Gasteiger partial charge is 0.387 e. The number of nitrogens with zero attached hydrogens (tertiary/aromatic N) is 3. The standard InChI is InChI=1S/C17H17N3O2S/c1-19(14-9-8-12-5-2-3-6-13(12)14)11-20-17(21)22-16(18-20)15-7-4-10-23-15/h2-7,10,14H,8-9,11H2,1H3. The van der Waals surface area contributed by atoms with Gasteiger partial charge in [0.05, 0.1) is 4.88 Å². The lowest BCUT2D eigenvalue weighted by molar-refractivity contribution is 0.177. The van der Waals surface area contributed by atoms with Crippen LogP contribution in [-0.2, 0) is 13.1 Å². The van der Waals surface area contributed by atoms with Gasteiger partial charge in [0.1, 0.15) is 6.67 Å². The zero-order chi connectivity index (χ0) is 15.8. The molecule has 0 aliphatic heterocycles. The van der Waals surface area contributed by atoms with Gasteiger partial charge in [-0.1, -0.05) is 30.3 Å². The molecular weight excluding hydrogens is 310 g/mol. The van der Waals surface area contributed by atoms with E-state index < -0.39 is 5.76 Å². The fourth-order valence-corrected chi connectivity index (χ4v) is 3.84. The van der Waals surface area contributed by atoms with Crippen molar-refractivity contribution in [2.45, 2.75) is 25.6 Å². The summed E-state index contributed by atoms with van der Waals surface area (Å²) >= 11 is 1.51. The molecule has 1 aromatic carbocycles. The normalized spacial score (nSPS) is 16.9. The van der Waals surface area contributed by atoms with E-state index in [0.717, 1.165) is 17.7 Å². The molecule has 1 atom stereocenters. The van der Waals surface area contributed by atoms with Crippen LogP contribution in [0.15, 0.2) is 51.0 Å². The maximum absolute atomic E-state index is 12.0. The topological polar surface area (TPSA) is 51.3 Å². The van der Waals surface area contributed by atoms with Crippen molar-refractivity contribution >= 4 is 11.3 Å². The van der Waals surface area contributed by atoms with Gasteiger partial charge in [0.15, 0.2) is 0 Å². The maximum Gasteiger partial charge on any atom is 0.438 e. The van der Waals surface area contributed by atoms with Gasteiger partial charge in [0, 0.05) is 6.04 Å². The van der Waals surface area contributed by atoms with E-state index in [4.69, 9.17) is 4.42 Å². The van der Waals surface area contributed by atoms with Crippen molar-refractivity contribution in [1.82, 2.24) is 14.7 Å². The number of thiophene rings is 1. The molecule has 1 unspecified atom stereocenters. The molecule has 2 heterocycles. The van der Waals surface area contributed by atoms with Crippen molar-refractivity contribution in [3.8, 4) is 10.8 Å². The third-order valence-electron chi connectivity index (χ3n) is 4.33. The van der Waals surface area contributed by atoms with Crippen molar-refractivity contribution < 1.29 is 4.42 Å². The lowest BCUT2D eigenvalue weighted by atomic mass is 10.1. The minimum Gasteiger partial charge on any atom is -0.387 e. The molecule has 0 radical (unpaired) electrons. The molecule has 0 N–H and O–H groups in total. The maximum atomic E-state index is 12.0. The van der Waals surface area contributed by atoms with Gasteiger partial charge >= 0.3 is 5.76 Å². The van der Waals surface area contributed by atoms with Crippen LogP contribution in [-0.4, -0.2) is 21.7 Å². The average molecular weight is 327 g/mol. The Labute approximate surface area is 137 Å². The molecule has 0 bridgehead atoms. The number of fused-ring (bicyclic) bond motifs is 1. The summed E-state index contributed by atoms with van der Waals surface area (Å²) < 4.78 is 6.67. The highest BCUT2D eigenvalue weighted by Crippen LogP contribution is 2.34. The van der Waals surface area contributed by atoms with Gasteiger partial charge in [-0.25, -0.2) is 4.79 Å². The Morgan fingerprint density at radius 3 is 3.04 bits per heavy atom. The summed E-state index contributed by atoms with van der Waals surface area (Å²) in [5.74, 6) is -0.0169. The van der Waals surface area contributed by atoms with Crippen LogP contribution >= 0.6 is 11.3 Å². The van der Waals surface area contributed by atoms with E-state index in [-0.39, 0.29) is 0 Å². The Morgan fingerprint density at radius 1 is 1.35 bits per heavy atom. The summed E-state index contributed by atoms with van der Waals surface area (Å²) in [4.78, 5) is 15.1. The number of hydrogen-bond acceptors (Lipinski definition) is 5. The lowest BCUT2D eigenvalue weighted by Gasteiger charge is -2.24. The van der Waals surface area contributed by atoms with Crippen LogP contribution < -0.4 is 5.76 Å². The van der Waals surface area contributed by atoms with E-state index in [2.05, 4.69) is 34.3 Å². The van der Waals surface area contributed by atoms with Crippen LogP contribution in [0.4, 0.5) is 0 Å². The van der Waals surface area contributed by atoms with Gasteiger partial charge in [-0.2, -0.15) is 4.68 Å². The summed E-state index contributed by atoms with van der Waals surface area (Å²) in [7, 11) is 2.03. The first-order valence-corrected chi connectivity index (χ1v) is 8.50. The first-order valence-electron chi connectivity index (χ1n) is 7.62. The third-order valence-corrected chi connectivity index (χ3v) is 5.19. The highest BCUT2D eigenvalue weighted by atomic mass is 32.1. The van der Waals surface area contributed by atoms with Crippen LogP contribution in [0.3, 0.4) is 0 Å². The molecule has 5 nitrogen and oxygen atoms in total. The van der Waals surface area contributed by atoms with E-state index in [0.29, 0.717) is 18.6 Å². The fraction of sp³-hybridized carbons (Fsp3) is 0.294. The SMILES string of the molecule is CN(Cn1nc(-c2cccs2)oc1=O)C1CCc2ccccc21. The first-order chi connectivity index (χ1) is 11.2. The molecule has 0 saturated carbocycles. The minimum atomic E-state index is -0.411. The second kappa shape index (κ2) is 5.79. The van der Waals surface area contributed by atoms with E-state index in [1.165, 1.54) is 27.1 Å². The van der Waals surface area contributed by atoms with E-state index in [1.807, 2.05) is 24.6 Å². The van der Waals surface area contributed by atoms with Crippen molar-refractivity contribution in [1.29, 1.82) is 0 Å². The molecule has 23 heavy (non-hydrogen) atoms.